The van der Waals surface area contributed by atoms with Crippen molar-refractivity contribution in [3.63, 3.8) is 0 Å². The summed E-state index contributed by atoms with van der Waals surface area (Å²) in [5, 5.41) is 9.37. The van der Waals surface area contributed by atoms with Gasteiger partial charge in [-0.1, -0.05) is 56.3 Å². The molecule has 0 aliphatic rings. The zero-order chi connectivity index (χ0) is 22.5. The summed E-state index contributed by atoms with van der Waals surface area (Å²) in [7, 11) is 3.34. The van der Waals surface area contributed by atoms with Gasteiger partial charge in [-0.25, -0.2) is 0 Å². The van der Waals surface area contributed by atoms with Gasteiger partial charge in [0.15, 0.2) is 5.96 Å². The summed E-state index contributed by atoms with van der Waals surface area (Å²) in [6.07, 6.45) is 0. The van der Waals surface area contributed by atoms with Gasteiger partial charge in [0.05, 0.1) is 19.7 Å². The van der Waals surface area contributed by atoms with E-state index in [2.05, 4.69) is 64.0 Å². The summed E-state index contributed by atoms with van der Waals surface area (Å²) < 4.78 is 5.15. The van der Waals surface area contributed by atoms with Crippen molar-refractivity contribution in [2.24, 2.45) is 4.99 Å². The third-order valence-corrected chi connectivity index (χ3v) is 5.19. The summed E-state index contributed by atoms with van der Waals surface area (Å²) >= 11 is 0. The average molecular weight is 553 g/mol. The second-order valence-corrected chi connectivity index (χ2v) is 7.08. The molecule has 0 bridgehead atoms. The quantitative estimate of drug-likeness (QED) is 0.227. The van der Waals surface area contributed by atoms with Gasteiger partial charge in [0.25, 0.3) is 0 Å². The van der Waals surface area contributed by atoms with Gasteiger partial charge in [-0.2, -0.15) is 0 Å². The molecule has 7 nitrogen and oxygen atoms in total. The molecule has 0 saturated carbocycles. The Kier molecular flexibility index (Phi) is 13.4. The standard InChI is InChI=1S/C24H35N5O2.HI/c1-5-29(6-2)22(20-10-8-7-9-11-20)17-27-24(25-3)28-18-23(30)26-16-19-12-14-21(31-4)15-13-19;/h7-15,22H,5-6,16-18H2,1-4H3,(H,26,30)(H2,25,27,28);1H. The van der Waals surface area contributed by atoms with E-state index in [1.165, 1.54) is 5.56 Å². The van der Waals surface area contributed by atoms with Crippen LogP contribution in [0.3, 0.4) is 0 Å². The normalized spacial score (nSPS) is 12.0. The van der Waals surface area contributed by atoms with E-state index in [0.29, 0.717) is 19.0 Å². The lowest BCUT2D eigenvalue weighted by Crippen LogP contribution is -2.46. The van der Waals surface area contributed by atoms with E-state index in [0.717, 1.165) is 24.4 Å². The molecule has 0 heterocycles. The van der Waals surface area contributed by atoms with Crippen LogP contribution < -0.4 is 20.7 Å². The number of hydrogen-bond donors (Lipinski definition) is 3. The first-order valence-corrected chi connectivity index (χ1v) is 10.7. The number of halogens is 1. The number of nitrogens with one attached hydrogen (secondary N) is 3. The topological polar surface area (TPSA) is 78.0 Å². The first kappa shape index (κ1) is 27.7. The zero-order valence-electron chi connectivity index (χ0n) is 19.4. The molecule has 1 amide bonds. The van der Waals surface area contributed by atoms with Crippen LogP contribution in [0.2, 0.25) is 0 Å². The molecule has 176 valence electrons. The fraction of sp³-hybridized carbons (Fsp3) is 0.417. The van der Waals surface area contributed by atoms with Gasteiger partial charge < -0.3 is 20.7 Å². The molecule has 0 radical (unpaired) electrons. The number of rotatable bonds is 11. The number of likely N-dealkylation sites (N-methyl/N-ethyl adjacent to an activating group) is 1. The van der Waals surface area contributed by atoms with Crippen LogP contribution in [-0.2, 0) is 11.3 Å². The van der Waals surface area contributed by atoms with Gasteiger partial charge in [-0.3, -0.25) is 14.7 Å². The minimum atomic E-state index is -0.0953. The second kappa shape index (κ2) is 15.5. The maximum Gasteiger partial charge on any atom is 0.239 e. The number of carbonyl (C=O) groups excluding carboxylic acids is 1. The van der Waals surface area contributed by atoms with E-state index in [1.54, 1.807) is 14.2 Å². The Labute approximate surface area is 209 Å². The van der Waals surface area contributed by atoms with Crippen LogP contribution in [0, 0.1) is 0 Å². The van der Waals surface area contributed by atoms with Crippen LogP contribution in [0.4, 0.5) is 0 Å². The maximum atomic E-state index is 12.2. The number of aliphatic imine (C=N–C) groups is 1. The van der Waals surface area contributed by atoms with E-state index in [1.807, 2.05) is 30.3 Å². The fourth-order valence-electron chi connectivity index (χ4n) is 3.38. The lowest BCUT2D eigenvalue weighted by atomic mass is 10.1. The van der Waals surface area contributed by atoms with Gasteiger partial charge in [0.2, 0.25) is 5.91 Å². The van der Waals surface area contributed by atoms with Gasteiger partial charge >= 0.3 is 0 Å². The maximum absolute atomic E-state index is 12.2. The molecule has 8 heteroatoms. The molecule has 0 spiro atoms. The third kappa shape index (κ3) is 9.04. The molecule has 0 aliphatic carbocycles. The molecular weight excluding hydrogens is 517 g/mol. The molecule has 2 aromatic rings. The Morgan fingerprint density at radius 1 is 1.00 bits per heavy atom. The number of guanidine groups is 1. The molecule has 0 aromatic heterocycles. The van der Waals surface area contributed by atoms with Crippen LogP contribution in [0.15, 0.2) is 59.6 Å². The van der Waals surface area contributed by atoms with Gasteiger partial charge in [0, 0.05) is 20.1 Å². The summed E-state index contributed by atoms with van der Waals surface area (Å²) in [6.45, 7) is 7.55. The minimum Gasteiger partial charge on any atom is -0.497 e. The molecule has 1 atom stereocenters. The Balaban J connectivity index is 0.00000512. The first-order valence-electron chi connectivity index (χ1n) is 10.7. The number of amides is 1. The summed E-state index contributed by atoms with van der Waals surface area (Å²) in [5.74, 6) is 1.31. The van der Waals surface area contributed by atoms with Crippen LogP contribution in [0.5, 0.6) is 5.75 Å². The highest BCUT2D eigenvalue weighted by atomic mass is 127. The van der Waals surface area contributed by atoms with E-state index < -0.39 is 0 Å². The number of carbonyl (C=O) groups is 1. The highest BCUT2D eigenvalue weighted by Gasteiger charge is 2.18. The monoisotopic (exact) mass is 553 g/mol. The summed E-state index contributed by atoms with van der Waals surface area (Å²) in [6, 6.07) is 18.3. The molecule has 2 rings (SSSR count). The first-order chi connectivity index (χ1) is 15.1. The third-order valence-electron chi connectivity index (χ3n) is 5.19. The highest BCUT2D eigenvalue weighted by molar-refractivity contribution is 14.0. The Morgan fingerprint density at radius 3 is 2.22 bits per heavy atom. The second-order valence-electron chi connectivity index (χ2n) is 7.08. The predicted molar refractivity (Wildman–Crippen MR) is 142 cm³/mol. The van der Waals surface area contributed by atoms with Gasteiger partial charge in [0.1, 0.15) is 5.75 Å². The Hall–Kier alpha value is -2.33. The lowest BCUT2D eigenvalue weighted by molar-refractivity contribution is -0.120. The summed E-state index contributed by atoms with van der Waals surface area (Å²) in [4.78, 5) is 18.9. The molecule has 0 saturated heterocycles. The van der Waals surface area contributed by atoms with E-state index in [4.69, 9.17) is 4.74 Å². The van der Waals surface area contributed by atoms with Crippen molar-refractivity contribution in [3.05, 3.63) is 65.7 Å². The number of methoxy groups -OCH3 is 1. The zero-order valence-corrected chi connectivity index (χ0v) is 21.8. The highest BCUT2D eigenvalue weighted by Crippen LogP contribution is 2.19. The lowest BCUT2D eigenvalue weighted by Gasteiger charge is -2.30. The molecule has 0 fully saturated rings. The average Bonchev–Trinajstić information content (AvgIpc) is 2.83. The van der Waals surface area contributed by atoms with Crippen molar-refractivity contribution in [2.75, 3.05) is 40.3 Å². The van der Waals surface area contributed by atoms with Crippen LogP contribution in [0.1, 0.15) is 31.0 Å². The molecular formula is C24H36IN5O2. The molecule has 2 aromatic carbocycles. The van der Waals surface area contributed by atoms with Crippen LogP contribution >= 0.6 is 24.0 Å². The van der Waals surface area contributed by atoms with Gasteiger partial charge in [-0.05, 0) is 36.3 Å². The van der Waals surface area contributed by atoms with Crippen molar-refractivity contribution in [1.29, 1.82) is 0 Å². The number of hydrogen-bond acceptors (Lipinski definition) is 4. The van der Waals surface area contributed by atoms with Crippen LogP contribution in [-0.4, -0.2) is 57.1 Å². The molecule has 0 aliphatic heterocycles. The predicted octanol–water partition coefficient (Wildman–Crippen LogP) is 3.18. The van der Waals surface area contributed by atoms with E-state index in [9.17, 15) is 4.79 Å². The van der Waals surface area contributed by atoms with Crippen molar-refractivity contribution < 1.29 is 9.53 Å². The van der Waals surface area contributed by atoms with Crippen molar-refractivity contribution in [3.8, 4) is 5.75 Å². The van der Waals surface area contributed by atoms with E-state index in [-0.39, 0.29) is 42.5 Å². The van der Waals surface area contributed by atoms with Gasteiger partial charge in [-0.15, -0.1) is 24.0 Å². The molecule has 1 unspecified atom stereocenters. The van der Waals surface area contributed by atoms with Crippen molar-refractivity contribution >= 4 is 35.8 Å². The summed E-state index contributed by atoms with van der Waals surface area (Å²) in [5.41, 5.74) is 2.27. The number of ether oxygens (including phenoxy) is 1. The Morgan fingerprint density at radius 2 is 1.66 bits per heavy atom. The van der Waals surface area contributed by atoms with Crippen LogP contribution in [0.25, 0.3) is 0 Å². The van der Waals surface area contributed by atoms with Crippen molar-refractivity contribution in [2.45, 2.75) is 26.4 Å². The van der Waals surface area contributed by atoms with Crippen molar-refractivity contribution in [1.82, 2.24) is 20.9 Å². The SMILES string of the molecule is CCN(CC)C(CNC(=NC)NCC(=O)NCc1ccc(OC)cc1)c1ccccc1.I. The Bertz CT molecular complexity index is 811. The van der Waals surface area contributed by atoms with E-state index >= 15 is 0 Å². The fourth-order valence-corrected chi connectivity index (χ4v) is 3.38. The largest absolute Gasteiger partial charge is 0.497 e. The number of benzene rings is 2. The minimum absolute atomic E-state index is 0. The number of nitrogens with zero attached hydrogens (tertiary/aromatic N) is 2. The smallest absolute Gasteiger partial charge is 0.239 e. The molecule has 3 N–H and O–H groups in total. The molecule has 32 heavy (non-hydrogen) atoms.